The average Bonchev–Trinajstić information content (AvgIpc) is 2.96. The van der Waals surface area contributed by atoms with Crippen LogP contribution in [0.15, 0.2) is 10.7 Å². The number of halogens is 1. The number of hydrogen-bond acceptors (Lipinski definition) is 4. The van der Waals surface area contributed by atoms with Crippen molar-refractivity contribution in [1.82, 2.24) is 9.78 Å². The van der Waals surface area contributed by atoms with Gasteiger partial charge in [-0.2, -0.15) is 5.10 Å². The number of nitrogens with two attached hydrogens (primary N) is 1. The molecule has 0 aliphatic carbocycles. The van der Waals surface area contributed by atoms with Crippen molar-refractivity contribution in [1.29, 1.82) is 0 Å². The van der Waals surface area contributed by atoms with Gasteiger partial charge >= 0.3 is 0 Å². The average molecular weight is 318 g/mol. The highest BCUT2D eigenvalue weighted by molar-refractivity contribution is 9.10. The SMILES string of the molecule is COCCn1ncc(Br)c1C(N)CC1CCOC1. The van der Waals surface area contributed by atoms with Crippen LogP contribution in [0.4, 0.5) is 0 Å². The molecule has 1 aromatic rings. The van der Waals surface area contributed by atoms with Crippen LogP contribution >= 0.6 is 15.9 Å². The summed E-state index contributed by atoms with van der Waals surface area (Å²) in [4.78, 5) is 0. The summed E-state index contributed by atoms with van der Waals surface area (Å²) in [5, 5.41) is 4.33. The van der Waals surface area contributed by atoms with Gasteiger partial charge in [0.2, 0.25) is 0 Å². The molecule has 0 radical (unpaired) electrons. The quantitative estimate of drug-likeness (QED) is 0.867. The Balaban J connectivity index is 2.02. The number of nitrogens with zero attached hydrogens (tertiary/aromatic N) is 2. The van der Waals surface area contributed by atoms with Gasteiger partial charge in [-0.15, -0.1) is 0 Å². The molecule has 2 heterocycles. The van der Waals surface area contributed by atoms with E-state index in [9.17, 15) is 0 Å². The summed E-state index contributed by atoms with van der Waals surface area (Å²) in [6.07, 6.45) is 3.85. The van der Waals surface area contributed by atoms with Crippen LogP contribution < -0.4 is 5.73 Å². The first-order chi connectivity index (χ1) is 8.72. The van der Waals surface area contributed by atoms with Crippen molar-refractivity contribution in [3.63, 3.8) is 0 Å². The molecule has 102 valence electrons. The number of aromatic nitrogens is 2. The Kier molecular flexibility index (Phi) is 5.17. The minimum absolute atomic E-state index is 0.00886. The number of rotatable bonds is 6. The maximum atomic E-state index is 6.31. The summed E-state index contributed by atoms with van der Waals surface area (Å²) in [5.41, 5.74) is 7.36. The Morgan fingerprint density at radius 3 is 3.22 bits per heavy atom. The molecule has 2 rings (SSSR count). The Hall–Kier alpha value is -0.430. The van der Waals surface area contributed by atoms with Crippen molar-refractivity contribution in [2.75, 3.05) is 26.9 Å². The van der Waals surface area contributed by atoms with Crippen LogP contribution in [0.3, 0.4) is 0 Å². The smallest absolute Gasteiger partial charge is 0.0694 e. The van der Waals surface area contributed by atoms with E-state index in [-0.39, 0.29) is 6.04 Å². The minimum Gasteiger partial charge on any atom is -0.383 e. The summed E-state index contributed by atoms with van der Waals surface area (Å²) in [6, 6.07) is -0.00886. The second-order valence-corrected chi connectivity index (χ2v) is 5.52. The topological polar surface area (TPSA) is 62.3 Å². The molecule has 0 amide bonds. The molecule has 0 bridgehead atoms. The van der Waals surface area contributed by atoms with E-state index in [4.69, 9.17) is 15.2 Å². The lowest BCUT2D eigenvalue weighted by Gasteiger charge is -2.17. The van der Waals surface area contributed by atoms with E-state index < -0.39 is 0 Å². The predicted molar refractivity (Wildman–Crippen MR) is 72.3 cm³/mol. The highest BCUT2D eigenvalue weighted by Crippen LogP contribution is 2.29. The monoisotopic (exact) mass is 317 g/mol. The van der Waals surface area contributed by atoms with Crippen molar-refractivity contribution in [2.24, 2.45) is 11.7 Å². The third-order valence-electron chi connectivity index (χ3n) is 3.30. The van der Waals surface area contributed by atoms with Gasteiger partial charge in [0.15, 0.2) is 0 Å². The standard InChI is InChI=1S/C12H20BrN3O2/c1-17-5-3-16-12(10(13)7-15-16)11(14)6-9-2-4-18-8-9/h7,9,11H,2-6,8,14H2,1H3. The lowest BCUT2D eigenvalue weighted by molar-refractivity contribution is 0.178. The van der Waals surface area contributed by atoms with E-state index in [1.165, 1.54) is 0 Å². The van der Waals surface area contributed by atoms with Crippen LogP contribution in [0.2, 0.25) is 0 Å². The first-order valence-electron chi connectivity index (χ1n) is 6.25. The molecule has 2 atom stereocenters. The van der Waals surface area contributed by atoms with Gasteiger partial charge in [-0.25, -0.2) is 0 Å². The van der Waals surface area contributed by atoms with Crippen molar-refractivity contribution in [3.05, 3.63) is 16.4 Å². The van der Waals surface area contributed by atoms with E-state index >= 15 is 0 Å². The molecule has 1 saturated heterocycles. The zero-order valence-electron chi connectivity index (χ0n) is 10.6. The number of hydrogen-bond donors (Lipinski definition) is 1. The van der Waals surface area contributed by atoms with E-state index in [1.54, 1.807) is 13.3 Å². The minimum atomic E-state index is -0.00886. The summed E-state index contributed by atoms with van der Waals surface area (Å²) in [6.45, 7) is 3.06. The van der Waals surface area contributed by atoms with Crippen LogP contribution in [0.25, 0.3) is 0 Å². The highest BCUT2D eigenvalue weighted by atomic mass is 79.9. The molecule has 6 heteroatoms. The Morgan fingerprint density at radius 2 is 2.56 bits per heavy atom. The maximum Gasteiger partial charge on any atom is 0.0694 e. The summed E-state index contributed by atoms with van der Waals surface area (Å²) >= 11 is 3.52. The molecule has 0 spiro atoms. The molecule has 1 aliphatic rings. The highest BCUT2D eigenvalue weighted by Gasteiger charge is 2.23. The summed E-state index contributed by atoms with van der Waals surface area (Å²) in [7, 11) is 1.69. The summed E-state index contributed by atoms with van der Waals surface area (Å²) < 4.78 is 13.4. The van der Waals surface area contributed by atoms with Gasteiger partial charge < -0.3 is 15.2 Å². The van der Waals surface area contributed by atoms with Crippen molar-refractivity contribution in [2.45, 2.75) is 25.4 Å². The van der Waals surface area contributed by atoms with Gasteiger partial charge in [-0.1, -0.05) is 0 Å². The molecule has 1 aromatic heterocycles. The Morgan fingerprint density at radius 1 is 1.72 bits per heavy atom. The van der Waals surface area contributed by atoms with E-state index in [0.717, 1.165) is 42.8 Å². The Labute approximate surface area is 116 Å². The number of ether oxygens (including phenoxy) is 2. The van der Waals surface area contributed by atoms with Gasteiger partial charge in [-0.05, 0) is 34.7 Å². The summed E-state index contributed by atoms with van der Waals surface area (Å²) in [5.74, 6) is 0.567. The Bertz CT molecular complexity index is 377. The molecule has 18 heavy (non-hydrogen) atoms. The van der Waals surface area contributed by atoms with E-state index in [1.807, 2.05) is 4.68 Å². The molecule has 0 saturated carbocycles. The lowest BCUT2D eigenvalue weighted by Crippen LogP contribution is -2.21. The van der Waals surface area contributed by atoms with Crippen LogP contribution in [0.1, 0.15) is 24.6 Å². The maximum absolute atomic E-state index is 6.31. The third-order valence-corrected chi connectivity index (χ3v) is 3.91. The van der Waals surface area contributed by atoms with Gasteiger partial charge in [0, 0.05) is 26.4 Å². The second-order valence-electron chi connectivity index (χ2n) is 4.67. The van der Waals surface area contributed by atoms with Crippen molar-refractivity contribution < 1.29 is 9.47 Å². The lowest BCUT2D eigenvalue weighted by atomic mass is 9.98. The predicted octanol–water partition coefficient (Wildman–Crippen LogP) is 1.72. The molecular formula is C12H20BrN3O2. The fourth-order valence-corrected chi connectivity index (χ4v) is 2.93. The fraction of sp³-hybridized carbons (Fsp3) is 0.750. The fourth-order valence-electron chi connectivity index (χ4n) is 2.34. The molecule has 2 N–H and O–H groups in total. The van der Waals surface area contributed by atoms with Gasteiger partial charge in [0.1, 0.15) is 0 Å². The normalized spacial score (nSPS) is 21.4. The molecule has 1 aliphatic heterocycles. The van der Waals surface area contributed by atoms with Crippen LogP contribution in [0, 0.1) is 5.92 Å². The van der Waals surface area contributed by atoms with Crippen molar-refractivity contribution in [3.8, 4) is 0 Å². The van der Waals surface area contributed by atoms with Gasteiger partial charge in [-0.3, -0.25) is 4.68 Å². The molecule has 0 aromatic carbocycles. The van der Waals surface area contributed by atoms with Crippen LogP contribution in [0.5, 0.6) is 0 Å². The molecule has 2 unspecified atom stereocenters. The number of methoxy groups -OCH3 is 1. The van der Waals surface area contributed by atoms with Crippen LogP contribution in [-0.2, 0) is 16.0 Å². The first kappa shape index (κ1) is 14.0. The zero-order chi connectivity index (χ0) is 13.0. The largest absolute Gasteiger partial charge is 0.383 e. The van der Waals surface area contributed by atoms with E-state index in [0.29, 0.717) is 12.5 Å². The first-order valence-corrected chi connectivity index (χ1v) is 7.05. The van der Waals surface area contributed by atoms with Crippen molar-refractivity contribution >= 4 is 15.9 Å². The molecule has 1 fully saturated rings. The van der Waals surface area contributed by atoms with E-state index in [2.05, 4.69) is 21.0 Å². The molecular weight excluding hydrogens is 298 g/mol. The van der Waals surface area contributed by atoms with Crippen LogP contribution in [-0.4, -0.2) is 36.7 Å². The third kappa shape index (κ3) is 3.32. The molecule has 5 nitrogen and oxygen atoms in total. The van der Waals surface area contributed by atoms with Gasteiger partial charge in [0.05, 0.1) is 29.5 Å². The second kappa shape index (κ2) is 6.65. The van der Waals surface area contributed by atoms with Gasteiger partial charge in [0.25, 0.3) is 0 Å². The zero-order valence-corrected chi connectivity index (χ0v) is 12.2.